The minimum atomic E-state index is -0.300. The van der Waals surface area contributed by atoms with E-state index in [1.165, 1.54) is 12.1 Å². The van der Waals surface area contributed by atoms with Gasteiger partial charge in [0.25, 0.3) is 0 Å². The predicted octanol–water partition coefficient (Wildman–Crippen LogP) is 4.42. The van der Waals surface area contributed by atoms with Crippen LogP contribution < -0.4 is 5.32 Å². The normalized spacial score (nSPS) is 17.4. The standard InChI is InChI=1S/C18H17Cl2FN2O2/c19-14-7-13(8-15(20)9-14)17-11-23(5-6-25-17)18(24)22-10-12-1-3-16(21)4-2-12/h1-4,7-9,17H,5-6,10-11H2,(H,22,24). The highest BCUT2D eigenvalue weighted by atomic mass is 35.5. The Labute approximate surface area is 155 Å². The summed E-state index contributed by atoms with van der Waals surface area (Å²) in [6, 6.07) is 11.1. The van der Waals surface area contributed by atoms with E-state index in [0.717, 1.165) is 11.1 Å². The zero-order valence-corrected chi connectivity index (χ0v) is 14.9. The molecular formula is C18H17Cl2FN2O2. The van der Waals surface area contributed by atoms with Crippen molar-refractivity contribution in [1.29, 1.82) is 0 Å². The first-order chi connectivity index (χ1) is 12.0. The van der Waals surface area contributed by atoms with Crippen LogP contribution in [0, 0.1) is 5.82 Å². The number of rotatable bonds is 3. The lowest BCUT2D eigenvalue weighted by Crippen LogP contribution is -2.46. The molecule has 0 radical (unpaired) electrons. The predicted molar refractivity (Wildman–Crippen MR) is 95.4 cm³/mol. The van der Waals surface area contributed by atoms with Gasteiger partial charge in [0.05, 0.1) is 13.2 Å². The quantitative estimate of drug-likeness (QED) is 0.853. The first kappa shape index (κ1) is 18.0. The Balaban J connectivity index is 1.60. The van der Waals surface area contributed by atoms with Crippen molar-refractivity contribution in [3.63, 3.8) is 0 Å². The molecule has 0 saturated carbocycles. The number of carbonyl (C=O) groups excluding carboxylic acids is 1. The van der Waals surface area contributed by atoms with Crippen molar-refractivity contribution in [3.8, 4) is 0 Å². The number of nitrogens with zero attached hydrogens (tertiary/aromatic N) is 1. The summed E-state index contributed by atoms with van der Waals surface area (Å²) in [4.78, 5) is 14.1. The molecule has 25 heavy (non-hydrogen) atoms. The van der Waals surface area contributed by atoms with Gasteiger partial charge in [-0.05, 0) is 41.5 Å². The summed E-state index contributed by atoms with van der Waals surface area (Å²) in [5, 5.41) is 3.90. The molecule has 1 N–H and O–H groups in total. The minimum absolute atomic E-state index is 0.189. The van der Waals surface area contributed by atoms with Crippen molar-refractivity contribution in [2.24, 2.45) is 0 Å². The van der Waals surface area contributed by atoms with E-state index in [-0.39, 0.29) is 18.0 Å². The third-order valence-electron chi connectivity index (χ3n) is 3.97. The highest BCUT2D eigenvalue weighted by Crippen LogP contribution is 2.28. The number of nitrogens with one attached hydrogen (secondary N) is 1. The number of carbonyl (C=O) groups is 1. The Bertz CT molecular complexity index is 735. The number of hydrogen-bond acceptors (Lipinski definition) is 2. The second kappa shape index (κ2) is 8.04. The lowest BCUT2D eigenvalue weighted by molar-refractivity contribution is -0.0154. The van der Waals surface area contributed by atoms with Crippen LogP contribution in [0.15, 0.2) is 42.5 Å². The van der Waals surface area contributed by atoms with E-state index in [1.807, 2.05) is 0 Å². The number of amides is 2. The summed E-state index contributed by atoms with van der Waals surface area (Å²) in [7, 11) is 0. The number of benzene rings is 2. The van der Waals surface area contributed by atoms with Crippen LogP contribution in [0.1, 0.15) is 17.2 Å². The second-order valence-corrected chi connectivity index (χ2v) is 6.67. The maximum Gasteiger partial charge on any atom is 0.317 e. The lowest BCUT2D eigenvalue weighted by atomic mass is 10.1. The molecule has 2 aromatic rings. The molecule has 4 nitrogen and oxygen atoms in total. The van der Waals surface area contributed by atoms with Gasteiger partial charge in [0.2, 0.25) is 0 Å². The Morgan fingerprint density at radius 2 is 1.88 bits per heavy atom. The van der Waals surface area contributed by atoms with Gasteiger partial charge in [0, 0.05) is 23.1 Å². The summed E-state index contributed by atoms with van der Waals surface area (Å²) in [5.74, 6) is -0.300. The molecule has 1 fully saturated rings. The van der Waals surface area contributed by atoms with Crippen molar-refractivity contribution >= 4 is 29.2 Å². The molecule has 3 rings (SSSR count). The van der Waals surface area contributed by atoms with Crippen LogP contribution in [-0.2, 0) is 11.3 Å². The Morgan fingerprint density at radius 3 is 2.56 bits per heavy atom. The third kappa shape index (κ3) is 4.84. The summed E-state index contributed by atoms with van der Waals surface area (Å²) in [5.41, 5.74) is 1.68. The number of ether oxygens (including phenoxy) is 1. The molecule has 1 unspecified atom stereocenters. The summed E-state index contributed by atoms with van der Waals surface area (Å²) < 4.78 is 18.7. The maximum atomic E-state index is 12.9. The molecule has 0 aliphatic carbocycles. The lowest BCUT2D eigenvalue weighted by Gasteiger charge is -2.33. The molecule has 2 aromatic carbocycles. The van der Waals surface area contributed by atoms with Crippen molar-refractivity contribution < 1.29 is 13.9 Å². The second-order valence-electron chi connectivity index (χ2n) is 5.79. The maximum absolute atomic E-state index is 12.9. The summed E-state index contributed by atoms with van der Waals surface area (Å²) in [6.45, 7) is 1.68. The first-order valence-corrected chi connectivity index (χ1v) is 8.61. The van der Waals surface area contributed by atoms with E-state index in [9.17, 15) is 9.18 Å². The van der Waals surface area contributed by atoms with Gasteiger partial charge in [-0.15, -0.1) is 0 Å². The largest absolute Gasteiger partial charge is 0.370 e. The fraction of sp³-hybridized carbons (Fsp3) is 0.278. The Kier molecular flexibility index (Phi) is 5.78. The molecule has 1 aliphatic heterocycles. The summed E-state index contributed by atoms with van der Waals surface area (Å²) >= 11 is 12.1. The highest BCUT2D eigenvalue weighted by Gasteiger charge is 2.25. The monoisotopic (exact) mass is 382 g/mol. The minimum Gasteiger partial charge on any atom is -0.370 e. The van der Waals surface area contributed by atoms with E-state index >= 15 is 0 Å². The van der Waals surface area contributed by atoms with Crippen LogP contribution in [0.5, 0.6) is 0 Å². The van der Waals surface area contributed by atoms with Crippen molar-refractivity contribution in [2.45, 2.75) is 12.6 Å². The summed E-state index contributed by atoms with van der Waals surface area (Å²) in [6.07, 6.45) is -0.276. The van der Waals surface area contributed by atoms with Crippen molar-refractivity contribution in [1.82, 2.24) is 10.2 Å². The Hall–Kier alpha value is -1.82. The zero-order chi connectivity index (χ0) is 17.8. The first-order valence-electron chi connectivity index (χ1n) is 7.86. The molecule has 7 heteroatoms. The van der Waals surface area contributed by atoms with Gasteiger partial charge in [-0.25, -0.2) is 9.18 Å². The van der Waals surface area contributed by atoms with E-state index in [2.05, 4.69) is 5.32 Å². The molecule has 0 bridgehead atoms. The molecule has 1 aliphatic rings. The number of morpholine rings is 1. The molecule has 0 aromatic heterocycles. The fourth-order valence-corrected chi connectivity index (χ4v) is 3.23. The van der Waals surface area contributed by atoms with E-state index < -0.39 is 0 Å². The van der Waals surface area contributed by atoms with Crippen LogP contribution in [0.25, 0.3) is 0 Å². The number of urea groups is 1. The van der Waals surface area contributed by atoms with Gasteiger partial charge in [-0.3, -0.25) is 0 Å². The van der Waals surface area contributed by atoms with Gasteiger partial charge in [0.1, 0.15) is 11.9 Å². The van der Waals surface area contributed by atoms with Crippen molar-refractivity contribution in [3.05, 3.63) is 69.5 Å². The molecule has 1 atom stereocenters. The molecule has 132 valence electrons. The van der Waals surface area contributed by atoms with Crippen LogP contribution in [0.4, 0.5) is 9.18 Å². The number of halogens is 3. The molecule has 0 spiro atoms. The third-order valence-corrected chi connectivity index (χ3v) is 4.40. The van der Waals surface area contributed by atoms with Gasteiger partial charge < -0.3 is 15.0 Å². The topological polar surface area (TPSA) is 41.6 Å². The Morgan fingerprint density at radius 1 is 1.20 bits per heavy atom. The smallest absolute Gasteiger partial charge is 0.317 e. The van der Waals surface area contributed by atoms with Gasteiger partial charge in [-0.1, -0.05) is 35.3 Å². The zero-order valence-electron chi connectivity index (χ0n) is 13.3. The number of hydrogen-bond donors (Lipinski definition) is 1. The van der Waals surface area contributed by atoms with Crippen LogP contribution in [0.3, 0.4) is 0 Å². The van der Waals surface area contributed by atoms with Crippen LogP contribution >= 0.6 is 23.2 Å². The average Bonchev–Trinajstić information content (AvgIpc) is 2.60. The van der Waals surface area contributed by atoms with E-state index in [1.54, 1.807) is 35.2 Å². The molecular weight excluding hydrogens is 366 g/mol. The highest BCUT2D eigenvalue weighted by molar-refractivity contribution is 6.34. The van der Waals surface area contributed by atoms with Gasteiger partial charge in [0.15, 0.2) is 0 Å². The molecule has 1 saturated heterocycles. The molecule has 1 heterocycles. The SMILES string of the molecule is O=C(NCc1ccc(F)cc1)N1CCOC(c2cc(Cl)cc(Cl)c2)C1. The van der Waals surface area contributed by atoms with Crippen molar-refractivity contribution in [2.75, 3.05) is 19.7 Å². The fourth-order valence-electron chi connectivity index (χ4n) is 2.69. The van der Waals surface area contributed by atoms with Crippen LogP contribution in [-0.4, -0.2) is 30.6 Å². The average molecular weight is 383 g/mol. The van der Waals surface area contributed by atoms with E-state index in [0.29, 0.717) is 36.3 Å². The van der Waals surface area contributed by atoms with Gasteiger partial charge in [-0.2, -0.15) is 0 Å². The van der Waals surface area contributed by atoms with E-state index in [4.69, 9.17) is 27.9 Å². The van der Waals surface area contributed by atoms with Gasteiger partial charge >= 0.3 is 6.03 Å². The van der Waals surface area contributed by atoms with Crippen LogP contribution in [0.2, 0.25) is 10.0 Å². The molecule has 2 amide bonds.